The van der Waals surface area contributed by atoms with E-state index in [1.54, 1.807) is 18.5 Å². The molecule has 3 N–H and O–H groups in total. The Morgan fingerprint density at radius 2 is 2.18 bits per heavy atom. The molecule has 0 saturated heterocycles. The third-order valence-electron chi connectivity index (χ3n) is 3.28. The highest BCUT2D eigenvalue weighted by molar-refractivity contribution is 7.19. The number of nitrogens with one attached hydrogen (secondary N) is 2. The fraction of sp³-hybridized carbons (Fsp3) is 0.333. The van der Waals surface area contributed by atoms with E-state index in [0.717, 1.165) is 17.7 Å². The Morgan fingerprint density at radius 1 is 1.41 bits per heavy atom. The van der Waals surface area contributed by atoms with Gasteiger partial charge >= 0.3 is 5.97 Å². The van der Waals surface area contributed by atoms with Crippen molar-refractivity contribution in [3.63, 3.8) is 0 Å². The van der Waals surface area contributed by atoms with Gasteiger partial charge < -0.3 is 15.4 Å². The van der Waals surface area contributed by atoms with Gasteiger partial charge in [-0.3, -0.25) is 4.79 Å². The predicted molar refractivity (Wildman–Crippen MR) is 87.5 cm³/mol. The second kappa shape index (κ2) is 7.47. The van der Waals surface area contributed by atoms with Crippen LogP contribution in [0.5, 0.6) is 0 Å². The summed E-state index contributed by atoms with van der Waals surface area (Å²) in [5.74, 6) is -1.41. The Balaban J connectivity index is 2.16. The number of aromatic amines is 1. The van der Waals surface area contributed by atoms with E-state index in [4.69, 9.17) is 11.6 Å². The van der Waals surface area contributed by atoms with Gasteiger partial charge in [0.05, 0.1) is 9.90 Å². The van der Waals surface area contributed by atoms with Crippen molar-refractivity contribution in [3.05, 3.63) is 34.4 Å². The normalized spacial score (nSPS) is 12.1. The fourth-order valence-corrected chi connectivity index (χ4v) is 3.19. The molecular formula is C15H17ClN2O3S. The van der Waals surface area contributed by atoms with Crippen molar-refractivity contribution in [2.75, 3.05) is 0 Å². The lowest BCUT2D eigenvalue weighted by molar-refractivity contribution is -0.139. The van der Waals surface area contributed by atoms with E-state index in [2.05, 4.69) is 10.3 Å². The summed E-state index contributed by atoms with van der Waals surface area (Å²) in [7, 11) is 0. The first-order valence-corrected chi connectivity index (χ1v) is 8.18. The van der Waals surface area contributed by atoms with Crippen LogP contribution in [0.2, 0.25) is 4.34 Å². The largest absolute Gasteiger partial charge is 0.480 e. The molecule has 0 radical (unpaired) electrons. The average Bonchev–Trinajstić information content (AvgIpc) is 3.11. The standard InChI is InChI=1S/C15H17ClN2O3S/c1-2-3-4-11(15(20)21)18-14(19)10-8-17-7-9(10)12-5-6-13(16)22-12/h5-8,11,17H,2-4H2,1H3,(H,18,19)(H,20,21)/t11-/m0/s1. The zero-order chi connectivity index (χ0) is 16.1. The van der Waals surface area contributed by atoms with Crippen LogP contribution in [0.25, 0.3) is 10.4 Å². The number of aromatic nitrogens is 1. The number of hydrogen-bond acceptors (Lipinski definition) is 3. The SMILES string of the molecule is CCCC[C@H](NC(=O)c1c[nH]cc1-c1ccc(Cl)s1)C(=O)O. The summed E-state index contributed by atoms with van der Waals surface area (Å²) in [5, 5.41) is 11.8. The minimum Gasteiger partial charge on any atom is -0.480 e. The Kier molecular flexibility index (Phi) is 5.63. The molecule has 0 aliphatic carbocycles. The first-order valence-electron chi connectivity index (χ1n) is 6.99. The minimum absolute atomic E-state index is 0.399. The lowest BCUT2D eigenvalue weighted by Crippen LogP contribution is -2.40. The van der Waals surface area contributed by atoms with E-state index in [-0.39, 0.29) is 0 Å². The summed E-state index contributed by atoms with van der Waals surface area (Å²) in [4.78, 5) is 27.3. The molecule has 0 aromatic carbocycles. The van der Waals surface area contributed by atoms with Crippen molar-refractivity contribution < 1.29 is 14.7 Å². The van der Waals surface area contributed by atoms with Gasteiger partial charge in [0.15, 0.2) is 0 Å². The van der Waals surface area contributed by atoms with Crippen molar-refractivity contribution >= 4 is 34.8 Å². The fourth-order valence-electron chi connectivity index (χ4n) is 2.12. The molecule has 0 unspecified atom stereocenters. The number of carbonyl (C=O) groups excluding carboxylic acids is 1. The highest BCUT2D eigenvalue weighted by Crippen LogP contribution is 2.33. The summed E-state index contributed by atoms with van der Waals surface area (Å²) < 4.78 is 0.633. The van der Waals surface area contributed by atoms with Crippen LogP contribution in [0.1, 0.15) is 36.5 Å². The van der Waals surface area contributed by atoms with Gasteiger partial charge in [-0.05, 0) is 18.6 Å². The lowest BCUT2D eigenvalue weighted by Gasteiger charge is -2.14. The average molecular weight is 341 g/mol. The van der Waals surface area contributed by atoms with E-state index in [1.807, 2.05) is 13.0 Å². The van der Waals surface area contributed by atoms with Crippen LogP contribution in [0.4, 0.5) is 0 Å². The van der Waals surface area contributed by atoms with Crippen LogP contribution in [0.3, 0.4) is 0 Å². The number of unbranched alkanes of at least 4 members (excludes halogenated alkanes) is 1. The van der Waals surface area contributed by atoms with E-state index >= 15 is 0 Å². The minimum atomic E-state index is -1.02. The monoisotopic (exact) mass is 340 g/mol. The number of thiophene rings is 1. The molecule has 0 saturated carbocycles. The quantitative estimate of drug-likeness (QED) is 0.717. The Hall–Kier alpha value is -1.79. The third kappa shape index (κ3) is 3.90. The van der Waals surface area contributed by atoms with Gasteiger partial charge in [-0.25, -0.2) is 4.79 Å². The number of H-pyrrole nitrogens is 1. The molecule has 0 fully saturated rings. The van der Waals surface area contributed by atoms with Crippen LogP contribution in [-0.2, 0) is 4.79 Å². The molecule has 2 heterocycles. The zero-order valence-electron chi connectivity index (χ0n) is 12.1. The molecule has 2 rings (SSSR count). The van der Waals surface area contributed by atoms with Crippen LogP contribution in [-0.4, -0.2) is 28.0 Å². The van der Waals surface area contributed by atoms with Crippen LogP contribution in [0.15, 0.2) is 24.5 Å². The van der Waals surface area contributed by atoms with Gasteiger partial charge in [-0.1, -0.05) is 31.4 Å². The van der Waals surface area contributed by atoms with Crippen LogP contribution < -0.4 is 5.32 Å². The number of halogens is 1. The number of carboxylic acids is 1. The van der Waals surface area contributed by atoms with E-state index in [9.17, 15) is 14.7 Å². The molecule has 22 heavy (non-hydrogen) atoms. The number of aliphatic carboxylic acids is 1. The van der Waals surface area contributed by atoms with Gasteiger partial charge in [0.1, 0.15) is 6.04 Å². The summed E-state index contributed by atoms with van der Waals surface area (Å²) in [6.07, 6.45) is 5.32. The van der Waals surface area contributed by atoms with Crippen molar-refractivity contribution in [2.45, 2.75) is 32.2 Å². The lowest BCUT2D eigenvalue weighted by atomic mass is 10.1. The Morgan fingerprint density at radius 3 is 2.77 bits per heavy atom. The molecule has 0 aliphatic rings. The Labute approximate surface area is 137 Å². The maximum absolute atomic E-state index is 12.4. The molecule has 1 atom stereocenters. The van der Waals surface area contributed by atoms with E-state index < -0.39 is 17.9 Å². The van der Waals surface area contributed by atoms with Crippen molar-refractivity contribution in [1.82, 2.24) is 10.3 Å². The summed E-state index contributed by atoms with van der Waals surface area (Å²) in [6, 6.07) is 2.72. The summed E-state index contributed by atoms with van der Waals surface area (Å²) in [5.41, 5.74) is 1.13. The first kappa shape index (κ1) is 16.6. The molecule has 7 heteroatoms. The third-order valence-corrected chi connectivity index (χ3v) is 4.54. The highest BCUT2D eigenvalue weighted by Gasteiger charge is 2.22. The van der Waals surface area contributed by atoms with Gasteiger partial charge in [0.25, 0.3) is 5.91 Å². The van der Waals surface area contributed by atoms with Crippen molar-refractivity contribution in [3.8, 4) is 10.4 Å². The first-order chi connectivity index (χ1) is 10.5. The molecular weight excluding hydrogens is 324 g/mol. The van der Waals surface area contributed by atoms with Crippen LogP contribution >= 0.6 is 22.9 Å². The van der Waals surface area contributed by atoms with E-state index in [1.165, 1.54) is 11.3 Å². The maximum atomic E-state index is 12.4. The molecule has 0 spiro atoms. The second-order valence-electron chi connectivity index (χ2n) is 4.89. The molecule has 0 aliphatic heterocycles. The molecule has 0 bridgehead atoms. The smallest absolute Gasteiger partial charge is 0.326 e. The van der Waals surface area contributed by atoms with Crippen molar-refractivity contribution in [2.24, 2.45) is 0 Å². The highest BCUT2D eigenvalue weighted by atomic mass is 35.5. The van der Waals surface area contributed by atoms with Gasteiger partial charge in [0.2, 0.25) is 0 Å². The number of rotatable bonds is 7. The van der Waals surface area contributed by atoms with Gasteiger partial charge in [0, 0.05) is 22.8 Å². The molecule has 118 valence electrons. The van der Waals surface area contributed by atoms with Gasteiger partial charge in [-0.2, -0.15) is 0 Å². The van der Waals surface area contributed by atoms with Gasteiger partial charge in [-0.15, -0.1) is 11.3 Å². The van der Waals surface area contributed by atoms with Crippen LogP contribution in [0, 0.1) is 0 Å². The summed E-state index contributed by atoms with van der Waals surface area (Å²) in [6.45, 7) is 1.98. The Bertz CT molecular complexity index is 665. The maximum Gasteiger partial charge on any atom is 0.326 e. The molecule has 2 aromatic heterocycles. The number of carbonyl (C=O) groups is 2. The second-order valence-corrected chi connectivity index (χ2v) is 6.61. The number of carboxylic acid groups (broad SMARTS) is 1. The number of amides is 1. The molecule has 1 amide bonds. The zero-order valence-corrected chi connectivity index (χ0v) is 13.6. The molecule has 2 aromatic rings. The van der Waals surface area contributed by atoms with E-state index in [0.29, 0.717) is 21.9 Å². The predicted octanol–water partition coefficient (Wildman–Crippen LogP) is 3.77. The topological polar surface area (TPSA) is 82.2 Å². The summed E-state index contributed by atoms with van der Waals surface area (Å²) >= 11 is 7.29. The molecule has 5 nitrogen and oxygen atoms in total. The van der Waals surface area contributed by atoms with Crippen molar-refractivity contribution in [1.29, 1.82) is 0 Å². The number of hydrogen-bond donors (Lipinski definition) is 3.